The van der Waals surface area contributed by atoms with Gasteiger partial charge in [-0.2, -0.15) is 19.9 Å². The van der Waals surface area contributed by atoms with E-state index in [1.807, 2.05) is 108 Å². The molecule has 4 aromatic carbocycles. The van der Waals surface area contributed by atoms with Crippen LogP contribution in [0.2, 0.25) is 20.1 Å². The number of likely N-dealkylation sites (N-methyl/N-ethyl adjacent to an activating group) is 4. The third kappa shape index (κ3) is 25.1. The fourth-order valence-electron chi connectivity index (χ4n) is 17.4. The first-order valence-corrected chi connectivity index (χ1v) is 48.2. The van der Waals surface area contributed by atoms with Crippen molar-refractivity contribution < 1.29 is 23.9 Å². The summed E-state index contributed by atoms with van der Waals surface area (Å²) in [7, 11) is 14.7. The number of nitrogens with one attached hydrogen (secondary N) is 8. The Morgan fingerprint density at radius 3 is 1.31 bits per heavy atom. The summed E-state index contributed by atoms with van der Waals surface area (Å²) in [6.07, 6.45) is 9.24. The van der Waals surface area contributed by atoms with E-state index in [0.717, 1.165) is 223 Å². The molecule has 3 unspecified atom stereocenters. The molecule has 8 N–H and O–H groups in total. The van der Waals surface area contributed by atoms with Gasteiger partial charge >= 0.3 is 0 Å². The molecule has 5 fully saturated rings. The van der Waals surface area contributed by atoms with Crippen molar-refractivity contribution in [2.45, 2.75) is 79.3 Å². The lowest BCUT2D eigenvalue weighted by molar-refractivity contribution is -0.121. The van der Waals surface area contributed by atoms with Crippen LogP contribution in [0.25, 0.3) is 10.9 Å². The van der Waals surface area contributed by atoms with Crippen LogP contribution in [0.5, 0.6) is 5.75 Å². The van der Waals surface area contributed by atoms with Crippen molar-refractivity contribution in [3.63, 3.8) is 0 Å². The quantitative estimate of drug-likeness (QED) is 0.0279. The van der Waals surface area contributed by atoms with Gasteiger partial charge in [0.2, 0.25) is 41.5 Å². The Bertz CT molecular complexity index is 5660. The highest BCUT2D eigenvalue weighted by Crippen LogP contribution is 2.40. The Morgan fingerprint density at radius 2 is 0.875 bits per heavy atom. The van der Waals surface area contributed by atoms with Crippen molar-refractivity contribution >= 4 is 168 Å². The van der Waals surface area contributed by atoms with E-state index >= 15 is 0 Å². The molecule has 3 amide bonds. The molecule has 136 heavy (non-hydrogen) atoms. The van der Waals surface area contributed by atoms with Gasteiger partial charge in [-0.25, -0.2) is 19.9 Å². The second kappa shape index (κ2) is 47.2. The SMILES string of the molecule is C=C(NC)C1CC(=O)N(C)c2ccc(Nc3nc(N4CCN(C)CC4)ncc3Cl)cc2C1.C=C(NC)C1CC(=O)N(C)c2ccc(Nc3nc(N4CCN(CC)CC4)ncc3Cl)cc2C1.C=C(NC)N1CC(=O)N(C)c2ccc(Nc3nc(N4CCN(CC)CC4)ncc3Cl)cc2C1.CC.CCC(=O)COc1cc2cc(Nc3nc(N4CCN5CCNCC5C4)ncc3Cl)ccc2n(C)c1=O. The van der Waals surface area contributed by atoms with Gasteiger partial charge in [0, 0.05) is 267 Å². The molecular formula is C97H129Cl4N29O6. The highest BCUT2D eigenvalue weighted by molar-refractivity contribution is 6.34. The van der Waals surface area contributed by atoms with Gasteiger partial charge in [-0.15, -0.1) is 0 Å². The second-order valence-corrected chi connectivity index (χ2v) is 36.1. The van der Waals surface area contributed by atoms with E-state index in [9.17, 15) is 24.0 Å². The van der Waals surface area contributed by atoms with Gasteiger partial charge in [0.25, 0.3) is 5.56 Å². The molecule has 0 aliphatic carbocycles. The number of ether oxygens (including phenoxy) is 1. The molecule has 3 atom stereocenters. The molecular weight excluding hydrogens is 1810 g/mol. The maximum atomic E-state index is 12.7. The van der Waals surface area contributed by atoms with Crippen molar-refractivity contribution in [1.82, 2.24) is 90.2 Å². The van der Waals surface area contributed by atoms with Gasteiger partial charge in [0.1, 0.15) is 26.7 Å². The van der Waals surface area contributed by atoms with Crippen molar-refractivity contribution in [2.75, 3.05) is 249 Å². The number of fused-ring (bicyclic) bond motifs is 5. The topological polar surface area (TPSA) is 338 Å². The minimum absolute atomic E-state index is 0.0116. The summed E-state index contributed by atoms with van der Waals surface area (Å²) < 4.78 is 7.03. The lowest BCUT2D eigenvalue weighted by Crippen LogP contribution is -2.61. The van der Waals surface area contributed by atoms with Crippen molar-refractivity contribution in [1.29, 1.82) is 0 Å². The summed E-state index contributed by atoms with van der Waals surface area (Å²) >= 11 is 25.7. The van der Waals surface area contributed by atoms with Crippen LogP contribution in [0, 0.1) is 11.8 Å². The molecule has 39 heteroatoms. The number of piperazine rings is 5. The molecule has 0 spiro atoms. The molecule has 726 valence electrons. The first kappa shape index (κ1) is 101. The number of ketones is 1. The number of aryl methyl sites for hydroxylation is 1. The number of hydrogen-bond acceptors (Lipinski definition) is 31. The lowest BCUT2D eigenvalue weighted by atomic mass is 9.94. The van der Waals surface area contributed by atoms with Crippen LogP contribution in [-0.2, 0) is 45.6 Å². The molecule has 0 radical (unpaired) electrons. The third-order valence-electron chi connectivity index (χ3n) is 26.0. The van der Waals surface area contributed by atoms with Crippen LogP contribution in [0.4, 0.5) is 86.9 Å². The van der Waals surface area contributed by atoms with Crippen LogP contribution in [0.1, 0.15) is 70.6 Å². The van der Waals surface area contributed by atoms with Gasteiger partial charge in [-0.1, -0.05) is 101 Å². The zero-order chi connectivity index (χ0) is 97.1. The first-order chi connectivity index (χ1) is 65.6. The fraction of sp³-hybridized carbons (Fsp3) is 0.454. The number of nitrogens with zero attached hydrogens (tertiary/aromatic N) is 21. The molecule has 0 bridgehead atoms. The number of rotatable bonds is 24. The maximum Gasteiger partial charge on any atom is 0.293 e. The van der Waals surface area contributed by atoms with Crippen LogP contribution >= 0.6 is 46.4 Å². The predicted molar refractivity (Wildman–Crippen MR) is 550 cm³/mol. The fourth-order valence-corrected chi connectivity index (χ4v) is 18.0. The average Bonchev–Trinajstić information content (AvgIpc) is 1.17. The van der Waals surface area contributed by atoms with Gasteiger partial charge in [-0.05, 0) is 129 Å². The molecule has 5 aromatic heterocycles. The number of pyridine rings is 1. The number of hydrogen-bond donors (Lipinski definition) is 8. The van der Waals surface area contributed by atoms with Crippen molar-refractivity contribution in [3.05, 3.63) is 188 Å². The minimum Gasteiger partial charge on any atom is -0.480 e. The molecule has 17 rings (SSSR count). The summed E-state index contributed by atoms with van der Waals surface area (Å²) in [5, 5.41) is 28.7. The molecule has 9 aromatic rings. The first-order valence-electron chi connectivity index (χ1n) is 46.6. The van der Waals surface area contributed by atoms with E-state index in [1.165, 1.54) is 4.57 Å². The van der Waals surface area contributed by atoms with E-state index in [2.05, 4.69) is 154 Å². The van der Waals surface area contributed by atoms with Crippen molar-refractivity contribution in [2.24, 2.45) is 18.9 Å². The minimum atomic E-state index is -0.288. The van der Waals surface area contributed by atoms with Gasteiger partial charge in [-0.3, -0.25) is 28.9 Å². The number of Topliss-reactive ketones (excluding diaryl/α,β-unsaturated/α-hetero) is 1. The lowest BCUT2D eigenvalue weighted by Gasteiger charge is -2.44. The van der Waals surface area contributed by atoms with Crippen molar-refractivity contribution in [3.8, 4) is 5.75 Å². The monoisotopic (exact) mass is 1940 g/mol. The standard InChI is InChI=1S/C25H30ClN7O3.C24H32ClN7O.C23H31ClN8O.C23H30ClN7O.C2H6/c1-3-19(34)15-36-22-11-16-10-17(4-5-21(16)31(2)24(22)35)29-23-20(26)13-28-25(30-23)33-9-8-32-7-6-27-12-18(32)14-33;1-5-31-8-10-32(11-9-31)24-27-15-20(25)23(29-24)28-19-6-7-21-18(13-19)12-17(16(2)26-3)14-22(33)30(21)4;1-5-30-8-10-31(11-9-30)23-26-13-19(24)22(28-23)27-18-6-7-20-17(12-18)14-32(16(2)25-3)15-21(33)29(20)4;1-15(25-2)16-11-17-12-18(5-6-20(17)30(4)21(32)13-16)27-22-19(24)14-26-23(28-22)31-9-7-29(3)8-10-31;1-2/h4-5,10-11,13,18,27H,3,6-9,12,14-15H2,1-2H3,(H,28,29,30);6-7,13,15,17,26H,2,5,8-12,14H2,1,3-4H3,(H,27,28,29);6-7,12-13,25H,2,5,8-11,14-15H2,1,3-4H3,(H,26,27,28);5-6,12,14,16,25H,1,7-11,13H2,2-4H3,(H,26,27,28);1-2H3. The Hall–Kier alpha value is -11.9. The number of benzene rings is 4. The number of aromatic nitrogens is 9. The number of halogens is 4. The second-order valence-electron chi connectivity index (χ2n) is 34.5. The van der Waals surface area contributed by atoms with E-state index in [4.69, 9.17) is 71.1 Å². The Kier molecular flexibility index (Phi) is 35.2. The van der Waals surface area contributed by atoms with Crippen LogP contribution in [0.3, 0.4) is 0 Å². The molecule has 5 saturated heterocycles. The highest BCUT2D eigenvalue weighted by atomic mass is 35.5. The summed E-state index contributed by atoms with van der Waals surface area (Å²) in [6.45, 7) is 42.2. The Labute approximate surface area is 817 Å². The highest BCUT2D eigenvalue weighted by Gasteiger charge is 2.34. The van der Waals surface area contributed by atoms with E-state index < -0.39 is 0 Å². The van der Waals surface area contributed by atoms with E-state index in [-0.39, 0.29) is 59.8 Å². The smallest absolute Gasteiger partial charge is 0.293 e. The Morgan fingerprint density at radius 1 is 0.471 bits per heavy atom. The average molecular weight is 1940 g/mol. The maximum absolute atomic E-state index is 12.7. The number of anilines is 15. The third-order valence-corrected chi connectivity index (χ3v) is 27.1. The normalized spacial score (nSPS) is 18.2. The molecule has 8 aliphatic rings. The molecule has 13 heterocycles. The van der Waals surface area contributed by atoms with Crippen LogP contribution < -0.4 is 87.1 Å². The number of carbonyl (C=O) groups is 4. The largest absolute Gasteiger partial charge is 0.480 e. The van der Waals surface area contributed by atoms with E-state index in [1.54, 1.807) is 73.6 Å². The molecule has 0 saturated carbocycles. The van der Waals surface area contributed by atoms with Gasteiger partial charge in [0.15, 0.2) is 34.8 Å². The summed E-state index contributed by atoms with van der Waals surface area (Å²) in [4.78, 5) is 124. The zero-order valence-corrected chi connectivity index (χ0v) is 83.3. The number of carbonyl (C=O) groups excluding carboxylic acids is 4. The predicted octanol–water partition coefficient (Wildman–Crippen LogP) is 11.8. The number of allylic oxidation sites excluding steroid dienone is 2. The van der Waals surface area contributed by atoms with E-state index in [0.29, 0.717) is 105 Å². The van der Waals surface area contributed by atoms with Crippen LogP contribution in [0.15, 0.2) is 145 Å². The number of amides is 3. The Balaban J connectivity index is 0.000000153. The summed E-state index contributed by atoms with van der Waals surface area (Å²) in [5.74, 6) is 5.95. The zero-order valence-electron chi connectivity index (χ0n) is 80.3. The summed E-state index contributed by atoms with van der Waals surface area (Å²) in [5.41, 5.74) is 11.4. The molecule has 8 aliphatic heterocycles. The summed E-state index contributed by atoms with van der Waals surface area (Å²) in [6, 6.07) is 25.6. The molecule has 35 nitrogen and oxygen atoms in total. The van der Waals surface area contributed by atoms with Crippen LogP contribution in [-0.4, -0.2) is 292 Å². The van der Waals surface area contributed by atoms with Gasteiger partial charge < -0.3 is 106 Å². The van der Waals surface area contributed by atoms with Gasteiger partial charge in [0.05, 0.1) is 42.7 Å².